The van der Waals surface area contributed by atoms with E-state index in [0.29, 0.717) is 0 Å². The topological polar surface area (TPSA) is 134 Å². The Hall–Kier alpha value is -1.74. The number of hydrogen-bond acceptors (Lipinski definition) is 7. The Labute approximate surface area is 118 Å². The molecule has 0 bridgehead atoms. The molecule has 0 aromatic carbocycles. The van der Waals surface area contributed by atoms with Crippen molar-refractivity contribution in [3.8, 4) is 0 Å². The smallest absolute Gasteiger partial charge is 0.332 e. The highest BCUT2D eigenvalue weighted by Crippen LogP contribution is 2.24. The molecule has 0 aliphatic heterocycles. The summed E-state index contributed by atoms with van der Waals surface area (Å²) >= 11 is 0. The fourth-order valence-corrected chi connectivity index (χ4v) is 2.33. The molecule has 0 N–H and O–H groups in total. The first-order valence-electron chi connectivity index (χ1n) is 6.00. The van der Waals surface area contributed by atoms with Crippen LogP contribution in [0.1, 0.15) is 6.42 Å². The zero-order valence-corrected chi connectivity index (χ0v) is 12.3. The van der Waals surface area contributed by atoms with Gasteiger partial charge in [-0.2, -0.15) is 0 Å². The van der Waals surface area contributed by atoms with Gasteiger partial charge >= 0.3 is 5.69 Å². The lowest BCUT2D eigenvalue weighted by Crippen LogP contribution is -2.37. The first kappa shape index (κ1) is 15.6. The molecular formula is C10H13N4O6P-2. The van der Waals surface area contributed by atoms with Crippen molar-refractivity contribution in [3.63, 3.8) is 0 Å². The molecule has 0 radical (unpaired) electrons. The number of fused-ring (bicyclic) bond motifs is 1. The highest BCUT2D eigenvalue weighted by Gasteiger charge is 2.13. The summed E-state index contributed by atoms with van der Waals surface area (Å²) in [5.41, 5.74) is -0.515. The lowest BCUT2D eigenvalue weighted by Gasteiger charge is -2.28. The summed E-state index contributed by atoms with van der Waals surface area (Å²) in [6, 6.07) is 0. The minimum absolute atomic E-state index is 0.200. The fourth-order valence-electron chi connectivity index (χ4n) is 1.98. The van der Waals surface area contributed by atoms with Gasteiger partial charge in [0.25, 0.3) is 5.56 Å². The molecule has 0 saturated heterocycles. The molecule has 0 unspecified atom stereocenters. The van der Waals surface area contributed by atoms with E-state index in [1.807, 2.05) is 0 Å². The van der Waals surface area contributed by atoms with Crippen LogP contribution in [0.5, 0.6) is 0 Å². The fraction of sp³-hybridized carbons (Fsp3) is 0.500. The number of phosphoric acid groups is 1. The van der Waals surface area contributed by atoms with E-state index < -0.39 is 19.1 Å². The first-order valence-corrected chi connectivity index (χ1v) is 7.46. The average Bonchev–Trinajstić information content (AvgIpc) is 2.82. The maximum absolute atomic E-state index is 12.1. The molecule has 2 heterocycles. The van der Waals surface area contributed by atoms with Crippen molar-refractivity contribution in [1.29, 1.82) is 0 Å². The summed E-state index contributed by atoms with van der Waals surface area (Å²) in [7, 11) is -2.14. The van der Waals surface area contributed by atoms with E-state index in [4.69, 9.17) is 0 Å². The molecule has 2 aromatic heterocycles. The summed E-state index contributed by atoms with van der Waals surface area (Å²) in [6.07, 6.45) is 1.57. The van der Waals surface area contributed by atoms with Crippen LogP contribution in [0.25, 0.3) is 11.2 Å². The predicted molar refractivity (Wildman–Crippen MR) is 68.4 cm³/mol. The van der Waals surface area contributed by atoms with Gasteiger partial charge in [-0.3, -0.25) is 13.9 Å². The Morgan fingerprint density at radius 1 is 1.29 bits per heavy atom. The van der Waals surface area contributed by atoms with Crippen molar-refractivity contribution < 1.29 is 18.9 Å². The van der Waals surface area contributed by atoms with Gasteiger partial charge in [-0.25, -0.2) is 9.78 Å². The second-order valence-corrected chi connectivity index (χ2v) is 5.60. The van der Waals surface area contributed by atoms with Gasteiger partial charge < -0.3 is 23.4 Å². The lowest BCUT2D eigenvalue weighted by molar-refractivity contribution is -0.341. The van der Waals surface area contributed by atoms with Gasteiger partial charge in [0.15, 0.2) is 11.2 Å². The van der Waals surface area contributed by atoms with Crippen LogP contribution >= 0.6 is 7.82 Å². The number of phosphoric ester groups is 1. The minimum atomic E-state index is -4.99. The van der Waals surface area contributed by atoms with E-state index >= 15 is 0 Å². The van der Waals surface area contributed by atoms with Crippen LogP contribution in [0.3, 0.4) is 0 Å². The summed E-state index contributed by atoms with van der Waals surface area (Å²) in [5.74, 6) is 0. The number of aryl methyl sites for hydroxylation is 2. The Bertz CT molecular complexity index is 828. The van der Waals surface area contributed by atoms with Crippen LogP contribution in [0, 0.1) is 0 Å². The lowest BCUT2D eigenvalue weighted by atomic mass is 10.4. The molecule has 116 valence electrons. The molecular weight excluding hydrogens is 303 g/mol. The van der Waals surface area contributed by atoms with Crippen LogP contribution in [0.15, 0.2) is 15.9 Å². The van der Waals surface area contributed by atoms with E-state index in [1.165, 1.54) is 29.6 Å². The second-order valence-electron chi connectivity index (χ2n) is 4.45. The Morgan fingerprint density at radius 2 is 1.95 bits per heavy atom. The Kier molecular flexibility index (Phi) is 4.15. The van der Waals surface area contributed by atoms with Gasteiger partial charge in [-0.05, 0) is 6.42 Å². The molecule has 0 saturated carbocycles. The summed E-state index contributed by atoms with van der Waals surface area (Å²) in [5, 5.41) is 0. The van der Waals surface area contributed by atoms with Crippen molar-refractivity contribution >= 4 is 19.0 Å². The standard InChI is InChI=1S/C10H15N4O6P/c1-12-8-7(9(15)13(2)10(12)16)14(6-11-8)4-3-5-20-21(17,18)19/h6H,3-5H2,1-2H3,(H2,17,18,19)/p-2. The largest absolute Gasteiger partial charge is 0.790 e. The highest BCUT2D eigenvalue weighted by atomic mass is 31.2. The molecule has 0 amide bonds. The van der Waals surface area contributed by atoms with Gasteiger partial charge in [0.1, 0.15) is 0 Å². The maximum atomic E-state index is 12.1. The molecule has 10 nitrogen and oxygen atoms in total. The van der Waals surface area contributed by atoms with Gasteiger partial charge in [-0.1, -0.05) is 0 Å². The van der Waals surface area contributed by atoms with Crippen LogP contribution in [-0.2, 0) is 29.7 Å². The van der Waals surface area contributed by atoms with E-state index in [2.05, 4.69) is 9.51 Å². The Morgan fingerprint density at radius 3 is 2.57 bits per heavy atom. The van der Waals surface area contributed by atoms with Crippen LogP contribution in [-0.4, -0.2) is 25.3 Å². The van der Waals surface area contributed by atoms with Crippen molar-refractivity contribution in [2.45, 2.75) is 13.0 Å². The zero-order valence-electron chi connectivity index (χ0n) is 11.4. The molecule has 0 aliphatic carbocycles. The van der Waals surface area contributed by atoms with Crippen molar-refractivity contribution in [1.82, 2.24) is 18.7 Å². The monoisotopic (exact) mass is 316 g/mol. The first-order chi connectivity index (χ1) is 9.72. The van der Waals surface area contributed by atoms with Gasteiger partial charge in [0.05, 0.1) is 20.8 Å². The number of rotatable bonds is 5. The van der Waals surface area contributed by atoms with Crippen molar-refractivity contribution in [2.24, 2.45) is 14.1 Å². The molecule has 0 spiro atoms. The van der Waals surface area contributed by atoms with Crippen LogP contribution < -0.4 is 21.0 Å². The number of imidazole rings is 1. The quantitative estimate of drug-likeness (QED) is 0.446. The van der Waals surface area contributed by atoms with Crippen molar-refractivity contribution in [2.75, 3.05) is 6.61 Å². The molecule has 21 heavy (non-hydrogen) atoms. The second kappa shape index (κ2) is 5.57. The normalized spacial score (nSPS) is 12.2. The average molecular weight is 316 g/mol. The van der Waals surface area contributed by atoms with Gasteiger partial charge in [0, 0.05) is 20.6 Å². The van der Waals surface area contributed by atoms with E-state index in [0.717, 1.165) is 4.57 Å². The predicted octanol–water partition coefficient (Wildman–Crippen LogP) is -2.33. The van der Waals surface area contributed by atoms with E-state index in [-0.39, 0.29) is 30.7 Å². The van der Waals surface area contributed by atoms with Crippen molar-refractivity contribution in [3.05, 3.63) is 27.2 Å². The number of hydrogen-bond donors (Lipinski definition) is 0. The molecule has 2 rings (SSSR count). The third-order valence-electron chi connectivity index (χ3n) is 3.01. The summed E-state index contributed by atoms with van der Waals surface area (Å²) in [4.78, 5) is 48.5. The van der Waals surface area contributed by atoms with E-state index in [9.17, 15) is 23.9 Å². The summed E-state index contributed by atoms with van der Waals surface area (Å²) in [6.45, 7) is -0.0556. The SMILES string of the molecule is Cn1c(=O)c2c(ncn2CCCOP(=O)([O-])[O-])n(C)c1=O. The molecule has 0 aliphatic rings. The molecule has 2 aromatic rings. The Balaban J connectivity index is 2.29. The van der Waals surface area contributed by atoms with Crippen LogP contribution in [0.2, 0.25) is 0 Å². The minimum Gasteiger partial charge on any atom is -0.790 e. The third kappa shape index (κ3) is 3.13. The number of aromatic nitrogens is 4. The summed E-state index contributed by atoms with van der Waals surface area (Å²) < 4.78 is 18.1. The highest BCUT2D eigenvalue weighted by molar-refractivity contribution is 7.43. The number of nitrogens with zero attached hydrogens (tertiary/aromatic N) is 4. The van der Waals surface area contributed by atoms with E-state index in [1.54, 1.807) is 0 Å². The zero-order chi connectivity index (χ0) is 15.8. The third-order valence-corrected chi connectivity index (χ3v) is 3.51. The van der Waals surface area contributed by atoms with Crippen LogP contribution in [0.4, 0.5) is 0 Å². The molecule has 0 atom stereocenters. The van der Waals surface area contributed by atoms with Gasteiger partial charge in [-0.15, -0.1) is 0 Å². The molecule has 0 fully saturated rings. The maximum Gasteiger partial charge on any atom is 0.332 e. The molecule has 11 heteroatoms. The van der Waals surface area contributed by atoms with Gasteiger partial charge in [0.2, 0.25) is 0 Å².